The Balaban J connectivity index is 2.13. The van der Waals surface area contributed by atoms with Crippen LogP contribution in [-0.4, -0.2) is 31.2 Å². The fraction of sp³-hybridized carbons (Fsp3) is 0.500. The zero-order valence-corrected chi connectivity index (χ0v) is 12.6. The van der Waals surface area contributed by atoms with Crippen molar-refractivity contribution in [3.8, 4) is 11.5 Å². The number of anilines is 1. The molecule has 1 heterocycles. The summed E-state index contributed by atoms with van der Waals surface area (Å²) in [6, 6.07) is 6.13. The quantitative estimate of drug-likeness (QED) is 0.919. The average Bonchev–Trinajstić information content (AvgIpc) is 2.87. The predicted octanol–water partition coefficient (Wildman–Crippen LogP) is 3.24. The molecule has 1 aromatic rings. The van der Waals surface area contributed by atoms with Gasteiger partial charge in [-0.15, -0.1) is 0 Å². The summed E-state index contributed by atoms with van der Waals surface area (Å²) in [7, 11) is 3.30. The van der Waals surface area contributed by atoms with E-state index in [1.807, 2.05) is 18.2 Å². The molecule has 1 aliphatic heterocycles. The molecule has 0 aromatic heterocycles. The summed E-state index contributed by atoms with van der Waals surface area (Å²) in [4.78, 5) is 4.68. The van der Waals surface area contributed by atoms with Gasteiger partial charge in [-0.2, -0.15) is 0 Å². The molecule has 1 aliphatic rings. The lowest BCUT2D eigenvalue weighted by atomic mass is 10.1. The number of ether oxygens (including phenoxy) is 2. The van der Waals surface area contributed by atoms with Crippen molar-refractivity contribution in [1.82, 2.24) is 0 Å². The lowest BCUT2D eigenvalue weighted by Gasteiger charge is -2.10. The van der Waals surface area contributed by atoms with Crippen LogP contribution in [0.2, 0.25) is 0 Å². The Morgan fingerprint density at radius 3 is 2.32 bits per heavy atom. The molecular formula is C14H20N2O2S. The molecule has 0 aliphatic carbocycles. The Morgan fingerprint density at radius 2 is 1.84 bits per heavy atom. The van der Waals surface area contributed by atoms with Crippen LogP contribution in [0.25, 0.3) is 0 Å². The molecule has 1 atom stereocenters. The van der Waals surface area contributed by atoms with Gasteiger partial charge < -0.3 is 14.8 Å². The van der Waals surface area contributed by atoms with E-state index < -0.39 is 0 Å². The van der Waals surface area contributed by atoms with Crippen LogP contribution in [0.4, 0.5) is 5.69 Å². The van der Waals surface area contributed by atoms with Gasteiger partial charge >= 0.3 is 0 Å². The minimum absolute atomic E-state index is 0.403. The fourth-order valence-corrected chi connectivity index (χ4v) is 2.99. The van der Waals surface area contributed by atoms with Crippen molar-refractivity contribution in [2.45, 2.75) is 19.9 Å². The number of methoxy groups -OCH3 is 2. The Labute approximate surface area is 118 Å². The highest BCUT2D eigenvalue weighted by molar-refractivity contribution is 8.14. The van der Waals surface area contributed by atoms with Gasteiger partial charge in [0.05, 0.1) is 20.3 Å². The molecule has 19 heavy (non-hydrogen) atoms. The summed E-state index contributed by atoms with van der Waals surface area (Å²) in [5.74, 6) is 3.16. The van der Waals surface area contributed by atoms with E-state index in [1.54, 1.807) is 26.0 Å². The summed E-state index contributed by atoms with van der Waals surface area (Å²) >= 11 is 1.76. The van der Waals surface area contributed by atoms with Crippen molar-refractivity contribution in [2.24, 2.45) is 10.9 Å². The van der Waals surface area contributed by atoms with E-state index >= 15 is 0 Å². The molecule has 0 fully saturated rings. The summed E-state index contributed by atoms with van der Waals surface area (Å²) < 4.78 is 10.5. The number of hydrogen-bond donors (Lipinski definition) is 1. The maximum absolute atomic E-state index is 5.25. The third kappa shape index (κ3) is 3.56. The maximum Gasteiger partial charge on any atom is 0.161 e. The Bertz CT molecular complexity index is 452. The largest absolute Gasteiger partial charge is 0.497 e. The average molecular weight is 280 g/mol. The van der Waals surface area contributed by atoms with Crippen LogP contribution in [-0.2, 0) is 0 Å². The van der Waals surface area contributed by atoms with Crippen molar-refractivity contribution in [1.29, 1.82) is 0 Å². The highest BCUT2D eigenvalue weighted by Crippen LogP contribution is 2.29. The highest BCUT2D eigenvalue weighted by atomic mass is 32.2. The normalized spacial score (nSPS) is 18.4. The standard InChI is InChI=1S/C14H20N2O2S/c1-9(2)13-8-19-14(16-13)15-10-5-11(17-3)7-12(6-10)18-4/h5-7,9,13H,8H2,1-4H3,(H,15,16)/t13-/m1/s1. The first-order valence-electron chi connectivity index (χ1n) is 6.33. The van der Waals surface area contributed by atoms with Crippen LogP contribution < -0.4 is 14.8 Å². The minimum atomic E-state index is 0.403. The van der Waals surface area contributed by atoms with Gasteiger partial charge in [-0.1, -0.05) is 25.6 Å². The van der Waals surface area contributed by atoms with Gasteiger partial charge in [0.2, 0.25) is 0 Å². The molecule has 1 N–H and O–H groups in total. The molecule has 104 valence electrons. The highest BCUT2D eigenvalue weighted by Gasteiger charge is 2.21. The number of thioether (sulfide) groups is 1. The number of nitrogens with one attached hydrogen (secondary N) is 1. The Morgan fingerprint density at radius 1 is 1.21 bits per heavy atom. The monoisotopic (exact) mass is 280 g/mol. The second kappa shape index (κ2) is 6.19. The van der Waals surface area contributed by atoms with Crippen molar-refractivity contribution in [2.75, 3.05) is 25.3 Å². The van der Waals surface area contributed by atoms with Gasteiger partial charge in [0.25, 0.3) is 0 Å². The number of aliphatic imine (C=N–C) groups is 1. The van der Waals surface area contributed by atoms with Crippen LogP contribution in [0.1, 0.15) is 13.8 Å². The maximum atomic E-state index is 5.25. The first kappa shape index (κ1) is 14.1. The first-order chi connectivity index (χ1) is 9.12. The second-order valence-corrected chi connectivity index (χ2v) is 5.79. The molecule has 0 bridgehead atoms. The smallest absolute Gasteiger partial charge is 0.161 e. The van der Waals surface area contributed by atoms with E-state index in [-0.39, 0.29) is 0 Å². The zero-order chi connectivity index (χ0) is 13.8. The minimum Gasteiger partial charge on any atom is -0.497 e. The Kier molecular flexibility index (Phi) is 4.58. The van der Waals surface area contributed by atoms with Crippen molar-refractivity contribution >= 4 is 22.6 Å². The third-order valence-corrected chi connectivity index (χ3v) is 4.04. The van der Waals surface area contributed by atoms with E-state index in [0.717, 1.165) is 28.1 Å². The zero-order valence-electron chi connectivity index (χ0n) is 11.8. The van der Waals surface area contributed by atoms with Crippen LogP contribution in [0.3, 0.4) is 0 Å². The van der Waals surface area contributed by atoms with Gasteiger partial charge in [-0.3, -0.25) is 4.99 Å². The molecule has 0 saturated heterocycles. The van der Waals surface area contributed by atoms with Crippen LogP contribution in [0, 0.1) is 5.92 Å². The van der Waals surface area contributed by atoms with E-state index in [9.17, 15) is 0 Å². The van der Waals surface area contributed by atoms with Gasteiger partial charge in [0.1, 0.15) is 11.5 Å². The van der Waals surface area contributed by atoms with Crippen molar-refractivity contribution < 1.29 is 9.47 Å². The van der Waals surface area contributed by atoms with Crippen LogP contribution in [0.5, 0.6) is 11.5 Å². The van der Waals surface area contributed by atoms with E-state index in [1.165, 1.54) is 0 Å². The van der Waals surface area contributed by atoms with Crippen LogP contribution >= 0.6 is 11.8 Å². The van der Waals surface area contributed by atoms with E-state index in [4.69, 9.17) is 9.47 Å². The predicted molar refractivity (Wildman–Crippen MR) is 81.7 cm³/mol. The summed E-state index contributed by atoms with van der Waals surface area (Å²) in [6.45, 7) is 4.40. The van der Waals surface area contributed by atoms with Gasteiger partial charge in [0.15, 0.2) is 5.17 Å². The SMILES string of the molecule is COc1cc(NC2=N[C@@H](C(C)C)CS2)cc(OC)c1. The van der Waals surface area contributed by atoms with Gasteiger partial charge in [-0.25, -0.2) is 0 Å². The van der Waals surface area contributed by atoms with E-state index in [0.29, 0.717) is 12.0 Å². The number of benzene rings is 1. The molecule has 2 rings (SSSR count). The van der Waals surface area contributed by atoms with Crippen LogP contribution in [0.15, 0.2) is 23.2 Å². The molecule has 0 unspecified atom stereocenters. The third-order valence-electron chi connectivity index (χ3n) is 3.05. The van der Waals surface area contributed by atoms with Crippen molar-refractivity contribution in [3.63, 3.8) is 0 Å². The number of amidine groups is 1. The summed E-state index contributed by atoms with van der Waals surface area (Å²) in [5.41, 5.74) is 0.937. The lowest BCUT2D eigenvalue weighted by Crippen LogP contribution is -2.12. The van der Waals surface area contributed by atoms with Gasteiger partial charge in [0, 0.05) is 29.6 Å². The number of rotatable bonds is 4. The first-order valence-corrected chi connectivity index (χ1v) is 7.31. The van der Waals surface area contributed by atoms with E-state index in [2.05, 4.69) is 24.2 Å². The fourth-order valence-electron chi connectivity index (χ4n) is 1.80. The van der Waals surface area contributed by atoms with Crippen molar-refractivity contribution in [3.05, 3.63) is 18.2 Å². The van der Waals surface area contributed by atoms with Gasteiger partial charge in [-0.05, 0) is 5.92 Å². The summed E-state index contributed by atoms with van der Waals surface area (Å²) in [6.07, 6.45) is 0. The molecule has 0 radical (unpaired) electrons. The number of hydrogen-bond acceptors (Lipinski definition) is 5. The molecular weight excluding hydrogens is 260 g/mol. The molecule has 4 nitrogen and oxygen atoms in total. The molecule has 0 amide bonds. The Hall–Kier alpha value is -1.36. The number of nitrogens with zero attached hydrogens (tertiary/aromatic N) is 1. The topological polar surface area (TPSA) is 42.8 Å². The lowest BCUT2D eigenvalue weighted by molar-refractivity contribution is 0.395. The molecule has 5 heteroatoms. The molecule has 0 saturated carbocycles. The summed E-state index contributed by atoms with van der Waals surface area (Å²) in [5, 5.41) is 4.29. The molecule has 0 spiro atoms. The molecule has 1 aromatic carbocycles. The second-order valence-electron chi connectivity index (χ2n) is 4.78.